The molecule has 3 rings (SSSR count). The molecular weight excluding hydrogens is 391 g/mol. The summed E-state index contributed by atoms with van der Waals surface area (Å²) in [5, 5.41) is 16.5. The third-order valence-electron chi connectivity index (χ3n) is 4.49. The van der Waals surface area contributed by atoms with Gasteiger partial charge in [0.1, 0.15) is 5.75 Å². The van der Waals surface area contributed by atoms with Crippen LogP contribution in [0.1, 0.15) is 29.8 Å². The lowest BCUT2D eigenvalue weighted by atomic mass is 10.0. The van der Waals surface area contributed by atoms with Crippen LogP contribution in [0.3, 0.4) is 0 Å². The molecule has 0 spiro atoms. The van der Waals surface area contributed by atoms with Gasteiger partial charge in [0.05, 0.1) is 35.7 Å². The molecule has 2 aromatic rings. The Morgan fingerprint density at radius 3 is 2.41 bits per heavy atom. The van der Waals surface area contributed by atoms with Crippen LogP contribution >= 0.6 is 7.60 Å². The topological polar surface area (TPSA) is 96.9 Å². The zero-order chi connectivity index (χ0) is 21.0. The molecular formula is C21H25N2O5P. The normalized spacial score (nSPS) is 16.1. The number of Topliss-reactive ketones (excluding diaryl/α,β-unsaturated/α-hetero) is 1. The second kappa shape index (κ2) is 8.82. The number of anilines is 2. The quantitative estimate of drug-likeness (QED) is 0.436. The molecule has 2 aromatic carbocycles. The van der Waals surface area contributed by atoms with Crippen LogP contribution in [0, 0.1) is 6.92 Å². The Balaban J connectivity index is 2.13. The van der Waals surface area contributed by atoms with Crippen LogP contribution in [-0.4, -0.2) is 29.9 Å². The maximum atomic E-state index is 13.6. The minimum absolute atomic E-state index is 0.121. The van der Waals surface area contributed by atoms with Crippen LogP contribution < -0.4 is 10.6 Å². The average molecular weight is 416 g/mol. The molecule has 0 fully saturated rings. The lowest BCUT2D eigenvalue weighted by Gasteiger charge is -2.28. The van der Waals surface area contributed by atoms with Crippen LogP contribution in [0.4, 0.5) is 11.4 Å². The molecule has 0 aromatic heterocycles. The van der Waals surface area contributed by atoms with E-state index in [2.05, 4.69) is 10.6 Å². The largest absolute Gasteiger partial charge is 0.507 e. The molecule has 0 bridgehead atoms. The number of aromatic hydroxyl groups is 1. The van der Waals surface area contributed by atoms with E-state index in [0.29, 0.717) is 11.4 Å². The van der Waals surface area contributed by atoms with E-state index in [4.69, 9.17) is 9.05 Å². The van der Waals surface area contributed by atoms with Gasteiger partial charge in [-0.25, -0.2) is 0 Å². The Morgan fingerprint density at radius 1 is 1.10 bits per heavy atom. The summed E-state index contributed by atoms with van der Waals surface area (Å²) in [5.41, 5.74) is 2.46. The molecule has 1 aliphatic heterocycles. The smallest absolute Gasteiger partial charge is 0.357 e. The van der Waals surface area contributed by atoms with Crippen molar-refractivity contribution >= 4 is 24.8 Å². The van der Waals surface area contributed by atoms with Crippen LogP contribution in [0.5, 0.6) is 5.75 Å². The molecule has 8 heteroatoms. The van der Waals surface area contributed by atoms with E-state index in [1.54, 1.807) is 26.0 Å². The summed E-state index contributed by atoms with van der Waals surface area (Å²) in [6, 6.07) is 12.1. The van der Waals surface area contributed by atoms with E-state index >= 15 is 0 Å². The average Bonchev–Trinajstić information content (AvgIpc) is 2.90. The van der Waals surface area contributed by atoms with Crippen LogP contribution in [-0.2, 0) is 13.6 Å². The number of fused-ring (bicyclic) bond motifs is 1. The number of aryl methyl sites for hydroxylation is 1. The van der Waals surface area contributed by atoms with Crippen LogP contribution in [0.2, 0.25) is 0 Å². The Kier molecular flexibility index (Phi) is 6.42. The maximum Gasteiger partial charge on any atom is 0.357 e. The number of hydrogen-bond acceptors (Lipinski definition) is 7. The van der Waals surface area contributed by atoms with Gasteiger partial charge in [0.15, 0.2) is 11.6 Å². The van der Waals surface area contributed by atoms with Crippen molar-refractivity contribution < 1.29 is 23.5 Å². The summed E-state index contributed by atoms with van der Waals surface area (Å²) in [6.07, 6.45) is 1.50. The molecule has 0 amide bonds. The highest BCUT2D eigenvalue weighted by Gasteiger charge is 2.42. The molecule has 0 aliphatic carbocycles. The second-order valence-electron chi connectivity index (χ2n) is 6.56. The molecule has 0 saturated carbocycles. The zero-order valence-corrected chi connectivity index (χ0v) is 17.5. The fourth-order valence-corrected chi connectivity index (χ4v) is 5.09. The van der Waals surface area contributed by atoms with E-state index in [1.165, 1.54) is 12.3 Å². The monoisotopic (exact) mass is 416 g/mol. The van der Waals surface area contributed by atoms with Crippen LogP contribution in [0.15, 0.2) is 54.2 Å². The van der Waals surface area contributed by atoms with Crippen molar-refractivity contribution in [2.75, 3.05) is 23.8 Å². The SMILES string of the molecule is CCOP(=O)(OCC)C1Nc2ccccc2NC=C1C(=O)c1cc(C)ccc1O. The molecule has 1 aliphatic rings. The Labute approximate surface area is 170 Å². The number of para-hydroxylation sites is 2. The maximum absolute atomic E-state index is 13.6. The van der Waals surface area contributed by atoms with Gasteiger partial charge in [-0.2, -0.15) is 0 Å². The number of hydrogen-bond donors (Lipinski definition) is 3. The Hall–Kier alpha value is -2.60. The lowest BCUT2D eigenvalue weighted by Crippen LogP contribution is -2.28. The number of carbonyl (C=O) groups is 1. The molecule has 1 unspecified atom stereocenters. The summed E-state index contributed by atoms with van der Waals surface area (Å²) in [6.45, 7) is 5.56. The van der Waals surface area contributed by atoms with Crippen molar-refractivity contribution in [3.8, 4) is 5.75 Å². The number of benzene rings is 2. The molecule has 29 heavy (non-hydrogen) atoms. The van der Waals surface area contributed by atoms with Crippen molar-refractivity contribution in [1.82, 2.24) is 0 Å². The number of ketones is 1. The van der Waals surface area contributed by atoms with Gasteiger partial charge in [0.25, 0.3) is 0 Å². The van der Waals surface area contributed by atoms with Crippen molar-refractivity contribution in [1.29, 1.82) is 0 Å². The predicted octanol–water partition coefficient (Wildman–Crippen LogP) is 4.90. The minimum Gasteiger partial charge on any atom is -0.507 e. The van der Waals surface area contributed by atoms with E-state index in [1.807, 2.05) is 31.2 Å². The minimum atomic E-state index is -3.76. The van der Waals surface area contributed by atoms with Crippen molar-refractivity contribution in [2.24, 2.45) is 0 Å². The van der Waals surface area contributed by atoms with Crippen molar-refractivity contribution in [3.05, 3.63) is 65.4 Å². The van der Waals surface area contributed by atoms with Gasteiger partial charge in [0.2, 0.25) is 0 Å². The summed E-state index contributed by atoms with van der Waals surface area (Å²) >= 11 is 0. The first-order valence-electron chi connectivity index (χ1n) is 9.45. The summed E-state index contributed by atoms with van der Waals surface area (Å²) in [5.74, 6) is -1.67. The Morgan fingerprint density at radius 2 is 1.76 bits per heavy atom. The number of rotatable bonds is 7. The standard InChI is InChI=1S/C21H25N2O5P/c1-4-27-29(26,28-5-2)21-16(13-22-17-8-6-7-9-18(17)23-21)20(25)15-12-14(3)10-11-19(15)24/h6-13,21-24H,4-5H2,1-3H3. The van der Waals surface area contributed by atoms with Gasteiger partial charge < -0.3 is 24.8 Å². The summed E-state index contributed by atoms with van der Waals surface area (Å²) in [7, 11) is -3.76. The van der Waals surface area contributed by atoms with E-state index in [0.717, 1.165) is 5.56 Å². The number of phenolic OH excluding ortho intramolecular Hbond substituents is 1. The van der Waals surface area contributed by atoms with Gasteiger partial charge in [-0.1, -0.05) is 23.8 Å². The number of phenols is 1. The van der Waals surface area contributed by atoms with Crippen LogP contribution in [0.25, 0.3) is 0 Å². The molecule has 0 saturated heterocycles. The second-order valence-corrected chi connectivity index (χ2v) is 8.67. The van der Waals surface area contributed by atoms with Gasteiger partial charge in [-0.15, -0.1) is 0 Å². The zero-order valence-electron chi connectivity index (χ0n) is 16.6. The van der Waals surface area contributed by atoms with Gasteiger partial charge in [-0.3, -0.25) is 9.36 Å². The lowest BCUT2D eigenvalue weighted by molar-refractivity contribution is 0.102. The van der Waals surface area contributed by atoms with Crippen molar-refractivity contribution in [3.63, 3.8) is 0 Å². The predicted molar refractivity (Wildman–Crippen MR) is 114 cm³/mol. The van der Waals surface area contributed by atoms with Crippen molar-refractivity contribution in [2.45, 2.75) is 26.6 Å². The molecule has 1 atom stereocenters. The molecule has 3 N–H and O–H groups in total. The highest BCUT2D eigenvalue weighted by molar-refractivity contribution is 7.55. The summed E-state index contributed by atoms with van der Waals surface area (Å²) < 4.78 is 24.7. The van der Waals surface area contributed by atoms with E-state index in [-0.39, 0.29) is 30.1 Å². The first-order chi connectivity index (χ1) is 13.9. The first-order valence-corrected chi connectivity index (χ1v) is 11.1. The highest BCUT2D eigenvalue weighted by atomic mass is 31.2. The summed E-state index contributed by atoms with van der Waals surface area (Å²) in [4.78, 5) is 13.4. The molecule has 7 nitrogen and oxygen atoms in total. The molecule has 154 valence electrons. The molecule has 1 heterocycles. The fourth-order valence-electron chi connectivity index (χ4n) is 3.17. The van der Waals surface area contributed by atoms with Gasteiger partial charge >= 0.3 is 7.60 Å². The fraction of sp³-hybridized carbons (Fsp3) is 0.286. The third kappa shape index (κ3) is 4.37. The van der Waals surface area contributed by atoms with Gasteiger partial charge in [0, 0.05) is 6.20 Å². The molecule has 0 radical (unpaired) electrons. The van der Waals surface area contributed by atoms with E-state index in [9.17, 15) is 14.5 Å². The van der Waals surface area contributed by atoms with Gasteiger partial charge in [-0.05, 0) is 45.0 Å². The Bertz CT molecular complexity index is 979. The number of nitrogens with one attached hydrogen (secondary N) is 2. The van der Waals surface area contributed by atoms with E-state index < -0.39 is 19.2 Å². The first kappa shape index (κ1) is 21.1. The third-order valence-corrected chi connectivity index (χ3v) is 6.77. The highest BCUT2D eigenvalue weighted by Crippen LogP contribution is 2.56. The number of carbonyl (C=O) groups excluding carboxylic acids is 1.